The second-order valence-electron chi connectivity index (χ2n) is 4.36. The minimum atomic E-state index is 1.15. The summed E-state index contributed by atoms with van der Waals surface area (Å²) < 4.78 is 0. The highest BCUT2D eigenvalue weighted by Gasteiger charge is 1.89. The zero-order chi connectivity index (χ0) is 14.7. The zero-order valence-electron chi connectivity index (χ0n) is 13.3. The van der Waals surface area contributed by atoms with Crippen molar-refractivity contribution in [3.8, 4) is 0 Å². The Hall–Kier alpha value is -1.56. The molecule has 2 rings (SSSR count). The predicted molar refractivity (Wildman–Crippen MR) is 87.8 cm³/mol. The van der Waals surface area contributed by atoms with Gasteiger partial charge in [-0.25, -0.2) is 0 Å². The van der Waals surface area contributed by atoms with Gasteiger partial charge in [-0.1, -0.05) is 69.3 Å². The van der Waals surface area contributed by atoms with Crippen LogP contribution < -0.4 is 0 Å². The summed E-state index contributed by atoms with van der Waals surface area (Å²) in [6.07, 6.45) is 1.15. The van der Waals surface area contributed by atoms with Crippen LogP contribution in [-0.2, 0) is 6.42 Å². The van der Waals surface area contributed by atoms with Crippen LogP contribution in [0.15, 0.2) is 48.5 Å². The van der Waals surface area contributed by atoms with Crippen molar-refractivity contribution in [2.75, 3.05) is 0 Å². The number of rotatable bonds is 1. The monoisotopic (exact) mass is 256 g/mol. The molecule has 2 aromatic carbocycles. The van der Waals surface area contributed by atoms with E-state index in [9.17, 15) is 0 Å². The highest BCUT2D eigenvalue weighted by Crippen LogP contribution is 2.06. The van der Waals surface area contributed by atoms with E-state index in [1.807, 2.05) is 13.8 Å². The van der Waals surface area contributed by atoms with Gasteiger partial charge in [0.25, 0.3) is 0 Å². The Morgan fingerprint density at radius 3 is 1.26 bits per heavy atom. The third kappa shape index (κ3) is 6.81. The fourth-order valence-electron chi connectivity index (χ4n) is 1.67. The largest absolute Gasteiger partial charge is 0.0683 e. The van der Waals surface area contributed by atoms with Crippen LogP contribution in [0.1, 0.15) is 43.0 Å². The molecule has 0 aliphatic carbocycles. The van der Waals surface area contributed by atoms with Gasteiger partial charge in [-0.05, 0) is 49.4 Å². The van der Waals surface area contributed by atoms with E-state index in [1.54, 1.807) is 0 Å². The van der Waals surface area contributed by atoms with Crippen LogP contribution in [-0.4, -0.2) is 0 Å². The SMILES string of the molecule is CC.CCc1ccccc1C.Cc1ccccc1C. The summed E-state index contributed by atoms with van der Waals surface area (Å²) >= 11 is 0. The molecule has 0 aliphatic rings. The lowest BCUT2D eigenvalue weighted by atomic mass is 10.1. The molecule has 0 saturated carbocycles. The molecule has 19 heavy (non-hydrogen) atoms. The van der Waals surface area contributed by atoms with Gasteiger partial charge in [0.1, 0.15) is 0 Å². The van der Waals surface area contributed by atoms with Crippen molar-refractivity contribution < 1.29 is 0 Å². The Morgan fingerprint density at radius 2 is 1.00 bits per heavy atom. The van der Waals surface area contributed by atoms with Crippen LogP contribution in [0.3, 0.4) is 0 Å². The molecular formula is C19H28. The van der Waals surface area contributed by atoms with E-state index in [-0.39, 0.29) is 0 Å². The molecule has 0 aliphatic heterocycles. The maximum absolute atomic E-state index is 2.18. The Bertz CT molecular complexity index is 434. The first kappa shape index (κ1) is 17.4. The van der Waals surface area contributed by atoms with Gasteiger partial charge < -0.3 is 0 Å². The molecule has 0 amide bonds. The second-order valence-corrected chi connectivity index (χ2v) is 4.36. The summed E-state index contributed by atoms with van der Waals surface area (Å²) in [6, 6.07) is 16.9. The maximum Gasteiger partial charge on any atom is -0.0305 e. The summed E-state index contributed by atoms with van der Waals surface area (Å²) in [5.74, 6) is 0. The third-order valence-electron chi connectivity index (χ3n) is 3.07. The molecule has 0 nitrogen and oxygen atoms in total. The van der Waals surface area contributed by atoms with Gasteiger partial charge >= 0.3 is 0 Å². The summed E-state index contributed by atoms with van der Waals surface area (Å²) in [5.41, 5.74) is 5.59. The molecule has 0 aromatic heterocycles. The molecule has 0 spiro atoms. The quantitative estimate of drug-likeness (QED) is 0.597. The lowest BCUT2D eigenvalue weighted by Crippen LogP contribution is -1.82. The van der Waals surface area contributed by atoms with Gasteiger partial charge in [0.2, 0.25) is 0 Å². The molecule has 0 saturated heterocycles. The third-order valence-corrected chi connectivity index (χ3v) is 3.07. The molecule has 0 heteroatoms. The number of benzene rings is 2. The van der Waals surface area contributed by atoms with Gasteiger partial charge in [-0.2, -0.15) is 0 Å². The average Bonchev–Trinajstić information content (AvgIpc) is 2.46. The Balaban J connectivity index is 0.000000303. The molecule has 0 heterocycles. The molecule has 0 unspecified atom stereocenters. The summed E-state index contributed by atoms with van der Waals surface area (Å²) in [6.45, 7) is 12.6. The highest BCUT2D eigenvalue weighted by atomic mass is 13.9. The molecule has 2 aromatic rings. The van der Waals surface area contributed by atoms with E-state index in [0.717, 1.165) is 6.42 Å². The number of aryl methyl sites for hydroxylation is 4. The Labute approximate surface area is 119 Å². The minimum Gasteiger partial charge on any atom is -0.0683 e. The van der Waals surface area contributed by atoms with Crippen LogP contribution in [0.2, 0.25) is 0 Å². The zero-order valence-corrected chi connectivity index (χ0v) is 13.3. The van der Waals surface area contributed by atoms with Crippen molar-refractivity contribution in [2.45, 2.75) is 48.0 Å². The first-order valence-electron chi connectivity index (χ1n) is 7.22. The van der Waals surface area contributed by atoms with Crippen LogP contribution in [0.4, 0.5) is 0 Å². The molecule has 0 atom stereocenters. The summed E-state index contributed by atoms with van der Waals surface area (Å²) in [7, 11) is 0. The number of hydrogen-bond acceptors (Lipinski definition) is 0. The van der Waals surface area contributed by atoms with E-state index in [4.69, 9.17) is 0 Å². The first-order valence-corrected chi connectivity index (χ1v) is 7.22. The summed E-state index contributed by atoms with van der Waals surface area (Å²) in [5, 5.41) is 0. The predicted octanol–water partition coefficient (Wildman–Crippen LogP) is 5.89. The van der Waals surface area contributed by atoms with Gasteiger partial charge in [-0.3, -0.25) is 0 Å². The molecule has 0 fully saturated rings. The van der Waals surface area contributed by atoms with Crippen molar-refractivity contribution in [1.29, 1.82) is 0 Å². The average molecular weight is 256 g/mol. The molecule has 0 bridgehead atoms. The smallest absolute Gasteiger partial charge is 0.0305 e. The van der Waals surface area contributed by atoms with E-state index in [1.165, 1.54) is 22.3 Å². The van der Waals surface area contributed by atoms with Gasteiger partial charge in [-0.15, -0.1) is 0 Å². The lowest BCUT2D eigenvalue weighted by Gasteiger charge is -1.98. The second kappa shape index (κ2) is 10.4. The molecule has 0 radical (unpaired) electrons. The van der Waals surface area contributed by atoms with Crippen LogP contribution >= 0.6 is 0 Å². The van der Waals surface area contributed by atoms with Gasteiger partial charge in [0.05, 0.1) is 0 Å². The molecular weight excluding hydrogens is 228 g/mol. The first-order chi connectivity index (χ1) is 9.15. The molecule has 104 valence electrons. The summed E-state index contributed by atoms with van der Waals surface area (Å²) in [4.78, 5) is 0. The van der Waals surface area contributed by atoms with Crippen molar-refractivity contribution in [2.24, 2.45) is 0 Å². The van der Waals surface area contributed by atoms with Crippen molar-refractivity contribution in [3.63, 3.8) is 0 Å². The van der Waals surface area contributed by atoms with E-state index in [0.29, 0.717) is 0 Å². The van der Waals surface area contributed by atoms with Gasteiger partial charge in [0.15, 0.2) is 0 Å². The van der Waals surface area contributed by atoms with Crippen molar-refractivity contribution in [1.82, 2.24) is 0 Å². The fourth-order valence-corrected chi connectivity index (χ4v) is 1.67. The van der Waals surface area contributed by atoms with Crippen LogP contribution in [0, 0.1) is 20.8 Å². The highest BCUT2D eigenvalue weighted by molar-refractivity contribution is 5.25. The Kier molecular flexibility index (Phi) is 9.52. The fraction of sp³-hybridized carbons (Fsp3) is 0.368. The van der Waals surface area contributed by atoms with Crippen LogP contribution in [0.25, 0.3) is 0 Å². The van der Waals surface area contributed by atoms with E-state index in [2.05, 4.69) is 76.2 Å². The van der Waals surface area contributed by atoms with Crippen molar-refractivity contribution in [3.05, 3.63) is 70.8 Å². The van der Waals surface area contributed by atoms with Crippen LogP contribution in [0.5, 0.6) is 0 Å². The normalized spacial score (nSPS) is 8.74. The van der Waals surface area contributed by atoms with Gasteiger partial charge in [0, 0.05) is 0 Å². The number of hydrogen-bond donors (Lipinski definition) is 0. The Morgan fingerprint density at radius 1 is 0.632 bits per heavy atom. The standard InChI is InChI=1S/C9H12.C8H10.C2H6/c1-3-9-7-5-4-6-8(9)2;1-7-5-3-4-6-8(7)2;1-2/h4-7H,3H2,1-2H3;3-6H,1-2H3;1-2H3. The minimum absolute atomic E-state index is 1.15. The van der Waals surface area contributed by atoms with Crippen molar-refractivity contribution >= 4 is 0 Å². The molecule has 0 N–H and O–H groups in total. The maximum atomic E-state index is 2.18. The lowest BCUT2D eigenvalue weighted by molar-refractivity contribution is 1.11. The topological polar surface area (TPSA) is 0 Å². The van der Waals surface area contributed by atoms with E-state index >= 15 is 0 Å². The van der Waals surface area contributed by atoms with E-state index < -0.39 is 0 Å².